The molecule has 0 spiro atoms. The van der Waals surface area contributed by atoms with E-state index in [2.05, 4.69) is 18.8 Å². The Morgan fingerprint density at radius 1 is 0.694 bits per heavy atom. The summed E-state index contributed by atoms with van der Waals surface area (Å²) in [5, 5.41) is -0.108. The molecule has 0 saturated heterocycles. The van der Waals surface area contributed by atoms with Gasteiger partial charge in [0.25, 0.3) is 0 Å². The Balaban J connectivity index is 1.59. The molecule has 0 aliphatic heterocycles. The highest BCUT2D eigenvalue weighted by atomic mass is 19.2. The standard InChI is InChI=1S/C29H20F6O/c1-2-3-4-11-36-20-7-10-21(26(32)16-20)19-13-24(30)23(25(31)14-19)9-6-17-5-8-22-18(12-17)15-27(33)29(35)28(22)34/h5,7-8,10,12-16H,2-4,11H2,1H3. The van der Waals surface area contributed by atoms with Gasteiger partial charge in [0.2, 0.25) is 0 Å². The summed E-state index contributed by atoms with van der Waals surface area (Å²) in [6, 6.07) is 10.6. The molecule has 0 aromatic heterocycles. The van der Waals surface area contributed by atoms with Crippen molar-refractivity contribution in [3.05, 3.63) is 101 Å². The largest absolute Gasteiger partial charge is 0.493 e. The van der Waals surface area contributed by atoms with Crippen LogP contribution in [0.5, 0.6) is 5.75 Å². The van der Waals surface area contributed by atoms with E-state index in [9.17, 15) is 26.3 Å². The molecule has 0 amide bonds. The van der Waals surface area contributed by atoms with Crippen molar-refractivity contribution < 1.29 is 31.1 Å². The number of unbranched alkanes of at least 4 members (excludes halogenated alkanes) is 2. The van der Waals surface area contributed by atoms with Gasteiger partial charge in [-0.05, 0) is 59.8 Å². The van der Waals surface area contributed by atoms with Crippen LogP contribution in [0.1, 0.15) is 37.3 Å². The lowest BCUT2D eigenvalue weighted by Crippen LogP contribution is -1.98. The summed E-state index contributed by atoms with van der Waals surface area (Å²) in [5.41, 5.74) is -0.355. The fourth-order valence-electron chi connectivity index (χ4n) is 3.73. The molecule has 0 aliphatic carbocycles. The smallest absolute Gasteiger partial charge is 0.195 e. The summed E-state index contributed by atoms with van der Waals surface area (Å²) in [6.07, 6.45) is 2.86. The van der Waals surface area contributed by atoms with Crippen LogP contribution in [0.15, 0.2) is 54.6 Å². The number of fused-ring (bicyclic) bond motifs is 1. The van der Waals surface area contributed by atoms with Crippen molar-refractivity contribution in [2.75, 3.05) is 6.61 Å². The van der Waals surface area contributed by atoms with Crippen molar-refractivity contribution in [3.63, 3.8) is 0 Å². The maximum absolute atomic E-state index is 14.7. The lowest BCUT2D eigenvalue weighted by molar-refractivity contribution is 0.305. The number of rotatable bonds is 6. The second kappa shape index (κ2) is 10.8. The molecule has 0 heterocycles. The summed E-state index contributed by atoms with van der Waals surface area (Å²) in [7, 11) is 0. The van der Waals surface area contributed by atoms with Crippen molar-refractivity contribution >= 4 is 10.8 Å². The minimum atomic E-state index is -1.59. The van der Waals surface area contributed by atoms with E-state index in [0.29, 0.717) is 12.4 Å². The molecule has 0 fully saturated rings. The van der Waals surface area contributed by atoms with Crippen molar-refractivity contribution in [1.29, 1.82) is 0 Å². The molecule has 7 heteroatoms. The lowest BCUT2D eigenvalue weighted by atomic mass is 10.0. The minimum Gasteiger partial charge on any atom is -0.493 e. The van der Waals surface area contributed by atoms with Crippen LogP contribution in [0.25, 0.3) is 21.9 Å². The molecule has 0 bridgehead atoms. The van der Waals surface area contributed by atoms with Gasteiger partial charge in [-0.15, -0.1) is 0 Å². The van der Waals surface area contributed by atoms with Crippen molar-refractivity contribution in [2.45, 2.75) is 26.2 Å². The van der Waals surface area contributed by atoms with Crippen LogP contribution in [0.3, 0.4) is 0 Å². The predicted molar refractivity (Wildman–Crippen MR) is 127 cm³/mol. The van der Waals surface area contributed by atoms with Gasteiger partial charge in [0.05, 0.1) is 12.2 Å². The first-order chi connectivity index (χ1) is 17.3. The highest BCUT2D eigenvalue weighted by Crippen LogP contribution is 2.29. The van der Waals surface area contributed by atoms with Crippen LogP contribution in [0, 0.1) is 46.7 Å². The topological polar surface area (TPSA) is 9.23 Å². The zero-order chi connectivity index (χ0) is 25.8. The number of ether oxygens (including phenoxy) is 1. The van der Waals surface area contributed by atoms with Crippen LogP contribution in [0.2, 0.25) is 0 Å². The lowest BCUT2D eigenvalue weighted by Gasteiger charge is -2.09. The second-order valence-electron chi connectivity index (χ2n) is 8.18. The number of hydrogen-bond acceptors (Lipinski definition) is 1. The summed E-state index contributed by atoms with van der Waals surface area (Å²) >= 11 is 0. The molecule has 4 aromatic carbocycles. The minimum absolute atomic E-state index is 0.000896. The summed E-state index contributed by atoms with van der Waals surface area (Å²) in [6.45, 7) is 2.50. The Kier molecular flexibility index (Phi) is 7.54. The van der Waals surface area contributed by atoms with Crippen molar-refractivity contribution in [1.82, 2.24) is 0 Å². The average Bonchev–Trinajstić information content (AvgIpc) is 2.84. The highest BCUT2D eigenvalue weighted by molar-refractivity contribution is 5.84. The Bertz CT molecular complexity index is 1480. The number of benzene rings is 4. The first kappa shape index (κ1) is 25.2. The number of hydrogen-bond donors (Lipinski definition) is 0. The van der Waals surface area contributed by atoms with Gasteiger partial charge in [0.15, 0.2) is 17.5 Å². The highest BCUT2D eigenvalue weighted by Gasteiger charge is 2.15. The van der Waals surface area contributed by atoms with Crippen molar-refractivity contribution in [2.24, 2.45) is 0 Å². The SMILES string of the molecule is CCCCCOc1ccc(-c2cc(F)c(C#Cc3ccc4c(F)c(F)c(F)cc4c3)c(F)c2)c(F)c1. The maximum atomic E-state index is 14.7. The van der Waals surface area contributed by atoms with E-state index in [1.807, 2.05) is 0 Å². The Morgan fingerprint density at radius 3 is 2.14 bits per heavy atom. The fourth-order valence-corrected chi connectivity index (χ4v) is 3.73. The van der Waals surface area contributed by atoms with Gasteiger partial charge >= 0.3 is 0 Å². The Hall–Kier alpha value is -3.92. The van der Waals surface area contributed by atoms with Crippen LogP contribution in [-0.2, 0) is 0 Å². The molecule has 0 radical (unpaired) electrons. The van der Waals surface area contributed by atoms with E-state index in [-0.39, 0.29) is 27.5 Å². The molecular weight excluding hydrogens is 478 g/mol. The van der Waals surface area contributed by atoms with Gasteiger partial charge in [-0.3, -0.25) is 0 Å². The third kappa shape index (κ3) is 5.33. The molecule has 0 aliphatic rings. The van der Waals surface area contributed by atoms with Crippen LogP contribution in [-0.4, -0.2) is 6.61 Å². The van der Waals surface area contributed by atoms with E-state index in [1.54, 1.807) is 0 Å². The van der Waals surface area contributed by atoms with Crippen LogP contribution in [0.4, 0.5) is 26.3 Å². The zero-order valence-corrected chi connectivity index (χ0v) is 19.2. The second-order valence-corrected chi connectivity index (χ2v) is 8.18. The van der Waals surface area contributed by atoms with Gasteiger partial charge in [0.1, 0.15) is 23.2 Å². The molecule has 0 N–H and O–H groups in total. The molecular formula is C29H20F6O. The van der Waals surface area contributed by atoms with E-state index >= 15 is 0 Å². The van der Waals surface area contributed by atoms with E-state index in [4.69, 9.17) is 4.74 Å². The first-order valence-electron chi connectivity index (χ1n) is 11.3. The third-order valence-electron chi connectivity index (χ3n) is 5.61. The van der Waals surface area contributed by atoms with Gasteiger partial charge in [0, 0.05) is 22.6 Å². The summed E-state index contributed by atoms with van der Waals surface area (Å²) in [4.78, 5) is 0. The molecule has 36 heavy (non-hydrogen) atoms. The Morgan fingerprint density at radius 2 is 1.44 bits per heavy atom. The van der Waals surface area contributed by atoms with E-state index < -0.39 is 40.5 Å². The van der Waals surface area contributed by atoms with Crippen LogP contribution < -0.4 is 4.74 Å². The Labute approximate surface area is 204 Å². The van der Waals surface area contributed by atoms with Crippen LogP contribution >= 0.6 is 0 Å². The van der Waals surface area contributed by atoms with Gasteiger partial charge in [-0.1, -0.05) is 37.7 Å². The monoisotopic (exact) mass is 498 g/mol. The first-order valence-corrected chi connectivity index (χ1v) is 11.3. The molecule has 184 valence electrons. The van der Waals surface area contributed by atoms with Gasteiger partial charge in [-0.2, -0.15) is 0 Å². The van der Waals surface area contributed by atoms with E-state index in [0.717, 1.165) is 37.5 Å². The predicted octanol–water partition coefficient (Wildman–Crippen LogP) is 8.31. The quantitative estimate of drug-likeness (QED) is 0.112. The molecule has 4 rings (SSSR count). The average molecular weight is 498 g/mol. The van der Waals surface area contributed by atoms with Gasteiger partial charge < -0.3 is 4.74 Å². The van der Waals surface area contributed by atoms with Gasteiger partial charge in [-0.25, -0.2) is 26.3 Å². The van der Waals surface area contributed by atoms with Crippen molar-refractivity contribution in [3.8, 4) is 28.7 Å². The van der Waals surface area contributed by atoms with E-state index in [1.165, 1.54) is 36.4 Å². The molecule has 0 unspecified atom stereocenters. The fraction of sp³-hybridized carbons (Fsp3) is 0.172. The normalized spacial score (nSPS) is 10.9. The molecule has 1 nitrogen and oxygen atoms in total. The molecule has 4 aromatic rings. The zero-order valence-electron chi connectivity index (χ0n) is 19.2. The molecule has 0 atom stereocenters. The summed E-state index contributed by atoms with van der Waals surface area (Å²) < 4.78 is 90.4. The maximum Gasteiger partial charge on any atom is 0.195 e. The number of halogens is 6. The molecule has 0 saturated carbocycles. The third-order valence-corrected chi connectivity index (χ3v) is 5.61. The summed E-state index contributed by atoms with van der Waals surface area (Å²) in [5.74, 6) is -1.75.